The predicted molar refractivity (Wildman–Crippen MR) is 163 cm³/mol. The van der Waals surface area contributed by atoms with Crippen LogP contribution in [-0.2, 0) is 4.74 Å². The van der Waals surface area contributed by atoms with Crippen molar-refractivity contribution in [2.75, 3.05) is 25.6 Å². The van der Waals surface area contributed by atoms with E-state index in [0.29, 0.717) is 24.1 Å². The molecule has 2 heterocycles. The third-order valence-corrected chi connectivity index (χ3v) is 7.71. The first-order valence-electron chi connectivity index (χ1n) is 12.7. The summed E-state index contributed by atoms with van der Waals surface area (Å²) in [6, 6.07) is 32.1. The fourth-order valence-corrected chi connectivity index (χ4v) is 5.46. The molecule has 8 heteroatoms. The van der Waals surface area contributed by atoms with Crippen LogP contribution in [0.5, 0.6) is 5.75 Å². The topological polar surface area (TPSA) is 69.2 Å². The minimum absolute atomic E-state index is 0.503. The molecule has 0 radical (unpaired) electrons. The molecule has 0 aliphatic carbocycles. The average Bonchev–Trinajstić information content (AvgIpc) is 2.99. The number of aromatic nitrogens is 3. The first kappa shape index (κ1) is 26.1. The van der Waals surface area contributed by atoms with Crippen molar-refractivity contribution in [1.82, 2.24) is 15.2 Å². The van der Waals surface area contributed by atoms with E-state index < -0.39 is 0 Å². The van der Waals surface area contributed by atoms with Gasteiger partial charge in [-0.2, -0.15) is 0 Å². The second-order valence-electron chi connectivity index (χ2n) is 9.03. The summed E-state index contributed by atoms with van der Waals surface area (Å²) >= 11 is 7.77. The molecule has 198 valence electrons. The van der Waals surface area contributed by atoms with Crippen LogP contribution < -0.4 is 10.1 Å². The summed E-state index contributed by atoms with van der Waals surface area (Å²) in [7, 11) is 1.66. The highest BCUT2D eigenvalue weighted by molar-refractivity contribution is 7.99. The monoisotopic (exact) mass is 564 g/mol. The molecule has 0 atom stereocenters. The molecule has 0 amide bonds. The Hall–Kier alpha value is -4.17. The van der Waals surface area contributed by atoms with Crippen molar-refractivity contribution in [3.05, 3.63) is 108 Å². The van der Waals surface area contributed by atoms with Crippen LogP contribution in [0, 0.1) is 0 Å². The highest BCUT2D eigenvalue weighted by atomic mass is 35.5. The average molecular weight is 565 g/mol. The zero-order chi connectivity index (χ0) is 27.3. The molecular weight excluding hydrogens is 540 g/mol. The van der Waals surface area contributed by atoms with Gasteiger partial charge in [0.1, 0.15) is 18.1 Å². The Morgan fingerprint density at radius 3 is 2.40 bits per heavy atom. The fraction of sp³-hybridized carbons (Fsp3) is 0.0938. The van der Waals surface area contributed by atoms with Crippen molar-refractivity contribution < 1.29 is 9.47 Å². The third-order valence-electron chi connectivity index (χ3n) is 6.38. The Morgan fingerprint density at radius 1 is 0.800 bits per heavy atom. The number of rotatable bonds is 9. The van der Waals surface area contributed by atoms with E-state index in [1.54, 1.807) is 18.9 Å². The molecular formula is C32H25ClN4O2S. The van der Waals surface area contributed by atoms with Gasteiger partial charge in [0.25, 0.3) is 0 Å². The molecule has 0 bridgehead atoms. The largest absolute Gasteiger partial charge is 0.491 e. The van der Waals surface area contributed by atoms with Gasteiger partial charge in [-0.25, -0.2) is 0 Å². The summed E-state index contributed by atoms with van der Waals surface area (Å²) in [5.74, 6) is 1.50. The number of hydrogen-bond donors (Lipinski definition) is 1. The predicted octanol–water partition coefficient (Wildman–Crippen LogP) is 8.42. The highest BCUT2D eigenvalue weighted by Crippen LogP contribution is 2.36. The maximum atomic E-state index is 6.08. The molecule has 0 unspecified atom stereocenters. The number of ether oxygens (including phenoxy) is 2. The minimum Gasteiger partial charge on any atom is -0.491 e. The maximum Gasteiger partial charge on any atom is 0.161 e. The molecule has 0 aliphatic heterocycles. The molecule has 6 nitrogen and oxygen atoms in total. The number of halogens is 1. The molecule has 0 aliphatic rings. The lowest BCUT2D eigenvalue weighted by molar-refractivity contribution is 0.146. The number of fused-ring (bicyclic) bond motifs is 2. The molecule has 1 N–H and O–H groups in total. The van der Waals surface area contributed by atoms with Crippen LogP contribution in [-0.4, -0.2) is 35.5 Å². The summed E-state index contributed by atoms with van der Waals surface area (Å²) < 4.78 is 10.9. The van der Waals surface area contributed by atoms with Crippen molar-refractivity contribution in [3.8, 4) is 17.0 Å². The Balaban J connectivity index is 1.23. The van der Waals surface area contributed by atoms with Crippen LogP contribution >= 0.6 is 23.4 Å². The smallest absolute Gasteiger partial charge is 0.161 e. The van der Waals surface area contributed by atoms with Crippen LogP contribution in [0.3, 0.4) is 0 Å². The Morgan fingerprint density at radius 2 is 1.60 bits per heavy atom. The van der Waals surface area contributed by atoms with Crippen LogP contribution in [0.1, 0.15) is 0 Å². The van der Waals surface area contributed by atoms with Crippen molar-refractivity contribution in [1.29, 1.82) is 0 Å². The molecule has 4 aromatic carbocycles. The molecule has 40 heavy (non-hydrogen) atoms. The molecule has 0 saturated carbocycles. The van der Waals surface area contributed by atoms with Crippen LogP contribution in [0.15, 0.2) is 113 Å². The second-order valence-corrected chi connectivity index (χ2v) is 10.6. The van der Waals surface area contributed by atoms with E-state index in [9.17, 15) is 0 Å². The van der Waals surface area contributed by atoms with Gasteiger partial charge in [-0.1, -0.05) is 59.8 Å². The molecule has 6 rings (SSSR count). The van der Waals surface area contributed by atoms with Gasteiger partial charge in [0.2, 0.25) is 0 Å². The number of nitrogens with one attached hydrogen (secondary N) is 1. The van der Waals surface area contributed by atoms with E-state index in [4.69, 9.17) is 21.1 Å². The van der Waals surface area contributed by atoms with Gasteiger partial charge in [-0.15, -0.1) is 10.2 Å². The zero-order valence-corrected chi connectivity index (χ0v) is 23.2. The molecule has 0 saturated heterocycles. The lowest BCUT2D eigenvalue weighted by atomic mass is 10.0. The van der Waals surface area contributed by atoms with E-state index in [1.807, 2.05) is 66.9 Å². The fourth-order valence-electron chi connectivity index (χ4n) is 4.41. The van der Waals surface area contributed by atoms with Gasteiger partial charge in [-0.05, 0) is 60.7 Å². The van der Waals surface area contributed by atoms with Crippen LogP contribution in [0.25, 0.3) is 32.9 Å². The molecule has 6 aromatic rings. The van der Waals surface area contributed by atoms with Crippen molar-refractivity contribution in [2.24, 2.45) is 0 Å². The first-order chi connectivity index (χ1) is 19.7. The maximum absolute atomic E-state index is 6.08. The van der Waals surface area contributed by atoms with Crippen LogP contribution in [0.2, 0.25) is 5.02 Å². The SMILES string of the molecule is COCCOc1ccc2nccc(Sc3ccc(Nc4nnc(-c5ccc(Cl)cc5)c5ccccc45)cc3)c2c1. The van der Waals surface area contributed by atoms with E-state index in [1.165, 1.54) is 0 Å². The number of anilines is 2. The third kappa shape index (κ3) is 5.72. The number of pyridine rings is 1. The second kappa shape index (κ2) is 11.9. The Labute approximate surface area is 241 Å². The molecule has 0 fully saturated rings. The summed E-state index contributed by atoms with van der Waals surface area (Å²) in [5, 5.41) is 16.3. The van der Waals surface area contributed by atoms with E-state index in [2.05, 4.69) is 56.9 Å². The van der Waals surface area contributed by atoms with Gasteiger partial charge in [-0.3, -0.25) is 4.98 Å². The van der Waals surface area contributed by atoms with E-state index in [-0.39, 0.29) is 0 Å². The first-order valence-corrected chi connectivity index (χ1v) is 13.9. The standard InChI is InChI=1S/C32H25ClN4O2S/c1-38-18-19-39-24-12-15-29-28(20-24)30(16-17-34-29)40-25-13-10-23(11-14-25)35-32-27-5-3-2-4-26(27)31(36-37-32)21-6-8-22(33)9-7-21/h2-17,20H,18-19H2,1H3,(H,35,37). The number of benzene rings is 4. The number of nitrogens with zero attached hydrogens (tertiary/aromatic N) is 3. The Bertz CT molecular complexity index is 1780. The summed E-state index contributed by atoms with van der Waals surface area (Å²) in [6.07, 6.45) is 1.84. The Kier molecular flexibility index (Phi) is 7.77. The van der Waals surface area contributed by atoms with Crippen molar-refractivity contribution in [2.45, 2.75) is 9.79 Å². The number of hydrogen-bond acceptors (Lipinski definition) is 7. The summed E-state index contributed by atoms with van der Waals surface area (Å²) in [6.45, 7) is 1.05. The van der Waals surface area contributed by atoms with Gasteiger partial charge in [0, 0.05) is 55.5 Å². The van der Waals surface area contributed by atoms with Crippen LogP contribution in [0.4, 0.5) is 11.5 Å². The van der Waals surface area contributed by atoms with Crippen molar-refractivity contribution in [3.63, 3.8) is 0 Å². The molecule has 0 spiro atoms. The number of methoxy groups -OCH3 is 1. The lowest BCUT2D eigenvalue weighted by Gasteiger charge is -2.12. The van der Waals surface area contributed by atoms with Gasteiger partial charge in [0.05, 0.1) is 12.1 Å². The minimum atomic E-state index is 0.503. The lowest BCUT2D eigenvalue weighted by Crippen LogP contribution is -2.04. The highest BCUT2D eigenvalue weighted by Gasteiger charge is 2.12. The summed E-state index contributed by atoms with van der Waals surface area (Å²) in [4.78, 5) is 6.73. The van der Waals surface area contributed by atoms with Crippen molar-refractivity contribution >= 4 is 56.5 Å². The van der Waals surface area contributed by atoms with Gasteiger partial charge < -0.3 is 14.8 Å². The zero-order valence-electron chi connectivity index (χ0n) is 21.7. The normalized spacial score (nSPS) is 11.2. The van der Waals surface area contributed by atoms with E-state index in [0.717, 1.165) is 54.2 Å². The van der Waals surface area contributed by atoms with Gasteiger partial charge >= 0.3 is 0 Å². The summed E-state index contributed by atoms with van der Waals surface area (Å²) in [5.41, 5.74) is 3.64. The van der Waals surface area contributed by atoms with E-state index >= 15 is 0 Å². The quantitative estimate of drug-likeness (QED) is 0.177. The molecule has 2 aromatic heterocycles. The van der Waals surface area contributed by atoms with Gasteiger partial charge in [0.15, 0.2) is 5.82 Å².